The van der Waals surface area contributed by atoms with Gasteiger partial charge in [-0.05, 0) is 38.0 Å². The molecule has 0 bridgehead atoms. The molecule has 1 atom stereocenters. The molecular weight excluding hydrogens is 505 g/mol. The Balaban J connectivity index is 1.47. The number of anilines is 1. The lowest BCUT2D eigenvalue weighted by Crippen LogP contribution is -2.42. The summed E-state index contributed by atoms with van der Waals surface area (Å²) in [6.45, 7) is 2.30. The number of halogens is 1. The Bertz CT molecular complexity index is 1590. The van der Waals surface area contributed by atoms with Crippen molar-refractivity contribution < 1.29 is 23.9 Å². The summed E-state index contributed by atoms with van der Waals surface area (Å²) in [7, 11) is 0. The lowest BCUT2D eigenvalue weighted by molar-refractivity contribution is -0.140. The van der Waals surface area contributed by atoms with E-state index in [9.17, 15) is 23.9 Å². The van der Waals surface area contributed by atoms with E-state index in [4.69, 9.17) is 16.5 Å². The van der Waals surface area contributed by atoms with E-state index in [1.165, 1.54) is 23.6 Å². The van der Waals surface area contributed by atoms with Crippen LogP contribution in [0.4, 0.5) is 10.2 Å². The summed E-state index contributed by atoms with van der Waals surface area (Å²) in [5, 5.41) is 13.9. The van der Waals surface area contributed by atoms with Crippen molar-refractivity contribution in [2.24, 2.45) is 5.73 Å². The normalized spacial score (nSPS) is 14.9. The van der Waals surface area contributed by atoms with Crippen LogP contribution in [0.25, 0.3) is 28.0 Å². The largest absolute Gasteiger partial charge is 0.384 e. The number of rotatable bonds is 6. The predicted octanol–water partition coefficient (Wildman–Crippen LogP) is 2.18. The average Bonchev–Trinajstić information content (AvgIpc) is 3.37. The second-order valence-electron chi connectivity index (χ2n) is 9.47. The molecule has 1 fully saturated rings. The van der Waals surface area contributed by atoms with Crippen LogP contribution in [0.1, 0.15) is 52.1 Å². The van der Waals surface area contributed by atoms with Crippen LogP contribution >= 0.6 is 0 Å². The number of piperidine rings is 1. The predicted molar refractivity (Wildman–Crippen MR) is 140 cm³/mol. The van der Waals surface area contributed by atoms with E-state index < -0.39 is 17.8 Å². The Morgan fingerprint density at radius 1 is 1.15 bits per heavy atom. The molecular formula is C27H26FN7O4. The van der Waals surface area contributed by atoms with Crippen LogP contribution in [0.15, 0.2) is 42.7 Å². The lowest BCUT2D eigenvalue weighted by atomic mass is 9.90. The van der Waals surface area contributed by atoms with E-state index in [1.807, 2.05) is 0 Å². The SMILES string of the molecule is CC(O)C(=O)N1CCC(c2nc3c(-c4ccc(-c5ccc(C(N)=O)c(F)c5)nc4)cnn3c(N)c2C=O)CC1. The zero-order valence-electron chi connectivity index (χ0n) is 21.0. The summed E-state index contributed by atoms with van der Waals surface area (Å²) in [6, 6.07) is 7.57. The van der Waals surface area contributed by atoms with Crippen molar-refractivity contribution in [1.29, 1.82) is 0 Å². The molecule has 4 aromatic rings. The summed E-state index contributed by atoms with van der Waals surface area (Å²) in [4.78, 5) is 46.3. The quantitative estimate of drug-likeness (QED) is 0.318. The van der Waals surface area contributed by atoms with Crippen LogP contribution in [-0.4, -0.2) is 66.9 Å². The zero-order chi connectivity index (χ0) is 27.8. The number of amides is 2. The highest BCUT2D eigenvalue weighted by Gasteiger charge is 2.30. The van der Waals surface area contributed by atoms with E-state index in [2.05, 4.69) is 10.1 Å². The topological polar surface area (TPSA) is 170 Å². The lowest BCUT2D eigenvalue weighted by Gasteiger charge is -2.33. The summed E-state index contributed by atoms with van der Waals surface area (Å²) >= 11 is 0. The molecule has 12 heteroatoms. The van der Waals surface area contributed by atoms with Crippen LogP contribution in [0.5, 0.6) is 0 Å². The van der Waals surface area contributed by atoms with E-state index in [0.29, 0.717) is 65.9 Å². The van der Waals surface area contributed by atoms with E-state index in [0.717, 1.165) is 0 Å². The number of hydrogen-bond donors (Lipinski definition) is 3. The number of hydrogen-bond acceptors (Lipinski definition) is 8. The number of pyridine rings is 1. The number of primary amides is 1. The van der Waals surface area contributed by atoms with Crippen molar-refractivity contribution in [2.45, 2.75) is 31.8 Å². The summed E-state index contributed by atoms with van der Waals surface area (Å²) in [5.41, 5.74) is 14.8. The number of aliphatic hydroxyl groups excluding tert-OH is 1. The molecule has 1 aliphatic rings. The van der Waals surface area contributed by atoms with Gasteiger partial charge < -0.3 is 21.5 Å². The van der Waals surface area contributed by atoms with E-state index in [1.54, 1.807) is 35.5 Å². The molecule has 39 heavy (non-hydrogen) atoms. The van der Waals surface area contributed by atoms with Gasteiger partial charge in [-0.25, -0.2) is 9.37 Å². The number of aldehydes is 1. The van der Waals surface area contributed by atoms with E-state index in [-0.39, 0.29) is 28.8 Å². The third-order valence-electron chi connectivity index (χ3n) is 7.02. The summed E-state index contributed by atoms with van der Waals surface area (Å²) in [5.74, 6) is -1.86. The maximum absolute atomic E-state index is 14.2. The van der Waals surface area contributed by atoms with Crippen molar-refractivity contribution in [2.75, 3.05) is 18.8 Å². The second kappa shape index (κ2) is 10.2. The van der Waals surface area contributed by atoms with Gasteiger partial charge in [0.1, 0.15) is 17.7 Å². The molecule has 3 aromatic heterocycles. The number of fused-ring (bicyclic) bond motifs is 1. The molecule has 0 saturated carbocycles. The first kappa shape index (κ1) is 25.9. The smallest absolute Gasteiger partial charge is 0.251 e. The minimum absolute atomic E-state index is 0.114. The Labute approximate surface area is 222 Å². The van der Waals surface area contributed by atoms with Crippen molar-refractivity contribution in [3.8, 4) is 22.4 Å². The summed E-state index contributed by atoms with van der Waals surface area (Å²) in [6.07, 6.45) is 3.90. The fourth-order valence-corrected chi connectivity index (χ4v) is 4.92. The van der Waals surface area contributed by atoms with Gasteiger partial charge in [0.05, 0.1) is 28.7 Å². The van der Waals surface area contributed by atoms with Gasteiger partial charge in [-0.15, -0.1) is 0 Å². The molecule has 5 rings (SSSR count). The third kappa shape index (κ3) is 4.70. The van der Waals surface area contributed by atoms with Crippen LogP contribution < -0.4 is 11.5 Å². The first-order valence-corrected chi connectivity index (χ1v) is 12.3. The molecule has 0 spiro atoms. The van der Waals surface area contributed by atoms with Crippen LogP contribution in [0.3, 0.4) is 0 Å². The molecule has 0 aliphatic carbocycles. The Kier molecular flexibility index (Phi) is 6.79. The number of aliphatic hydroxyl groups is 1. The van der Waals surface area contributed by atoms with Crippen molar-refractivity contribution in [1.82, 2.24) is 24.5 Å². The Morgan fingerprint density at radius 2 is 1.87 bits per heavy atom. The molecule has 1 unspecified atom stereocenters. The number of carbonyl (C=O) groups excluding carboxylic acids is 3. The highest BCUT2D eigenvalue weighted by molar-refractivity contribution is 5.93. The van der Waals surface area contributed by atoms with Crippen molar-refractivity contribution in [3.63, 3.8) is 0 Å². The second-order valence-corrected chi connectivity index (χ2v) is 9.47. The van der Waals surface area contributed by atoms with Gasteiger partial charge in [-0.2, -0.15) is 9.61 Å². The molecule has 1 saturated heterocycles. The zero-order valence-corrected chi connectivity index (χ0v) is 21.0. The van der Waals surface area contributed by atoms with Crippen molar-refractivity contribution in [3.05, 3.63) is 65.4 Å². The van der Waals surface area contributed by atoms with Gasteiger partial charge in [0, 0.05) is 41.9 Å². The molecule has 0 radical (unpaired) electrons. The van der Waals surface area contributed by atoms with E-state index >= 15 is 0 Å². The number of nitrogen functional groups attached to an aromatic ring is 1. The average molecular weight is 532 g/mol. The number of nitrogens with zero attached hydrogens (tertiary/aromatic N) is 5. The first-order valence-electron chi connectivity index (χ1n) is 12.3. The van der Waals surface area contributed by atoms with Gasteiger partial charge in [0.15, 0.2) is 11.9 Å². The fraction of sp³-hybridized carbons (Fsp3) is 0.259. The standard InChI is InChI=1S/C27H26FN7O4/c1-14(37)27(39)34-8-6-15(7-9-34)23-20(13-36)24(29)35-26(33-23)19(12-32-35)17-3-5-22(31-11-17)16-2-4-18(25(30)38)21(28)10-16/h2-5,10-15,37H,6-9,29H2,1H3,(H2,30,38). The van der Waals surface area contributed by atoms with Gasteiger partial charge in [-0.3, -0.25) is 19.4 Å². The minimum Gasteiger partial charge on any atom is -0.384 e. The van der Waals surface area contributed by atoms with Crippen LogP contribution in [-0.2, 0) is 4.79 Å². The van der Waals surface area contributed by atoms with Crippen molar-refractivity contribution >= 4 is 29.6 Å². The molecule has 200 valence electrons. The Morgan fingerprint density at radius 3 is 2.46 bits per heavy atom. The van der Waals surface area contributed by atoms with Gasteiger partial charge >= 0.3 is 0 Å². The molecule has 4 heterocycles. The molecule has 5 N–H and O–H groups in total. The van der Waals surface area contributed by atoms with Gasteiger partial charge in [0.25, 0.3) is 11.8 Å². The number of benzene rings is 1. The minimum atomic E-state index is -1.07. The van der Waals surface area contributed by atoms with Gasteiger partial charge in [-0.1, -0.05) is 12.1 Å². The number of nitrogens with two attached hydrogens (primary N) is 2. The Hall–Kier alpha value is -4.71. The fourth-order valence-electron chi connectivity index (χ4n) is 4.92. The molecule has 1 aliphatic heterocycles. The number of likely N-dealkylation sites (tertiary alicyclic amines) is 1. The number of aromatic nitrogens is 4. The maximum Gasteiger partial charge on any atom is 0.251 e. The monoisotopic (exact) mass is 531 g/mol. The highest BCUT2D eigenvalue weighted by Crippen LogP contribution is 2.34. The third-order valence-corrected chi connectivity index (χ3v) is 7.02. The molecule has 2 amide bonds. The highest BCUT2D eigenvalue weighted by atomic mass is 19.1. The molecule has 1 aromatic carbocycles. The maximum atomic E-state index is 14.2. The van der Waals surface area contributed by atoms with Gasteiger partial charge in [0.2, 0.25) is 0 Å². The molecule has 11 nitrogen and oxygen atoms in total. The first-order chi connectivity index (χ1) is 18.7. The van der Waals surface area contributed by atoms with Crippen LogP contribution in [0.2, 0.25) is 0 Å². The summed E-state index contributed by atoms with van der Waals surface area (Å²) < 4.78 is 15.6. The number of carbonyl (C=O) groups is 3. The van der Waals surface area contributed by atoms with Crippen LogP contribution in [0, 0.1) is 5.82 Å².